The molecular weight excluding hydrogens is 246 g/mol. The van der Waals surface area contributed by atoms with Gasteiger partial charge in [-0.3, -0.25) is 0 Å². The zero-order valence-electron chi connectivity index (χ0n) is 12.2. The Labute approximate surface area is 119 Å². The number of hydrogen-bond acceptors (Lipinski definition) is 2. The monoisotopic (exact) mass is 265 g/mol. The molecule has 20 heavy (non-hydrogen) atoms. The molecule has 0 saturated heterocycles. The van der Waals surface area contributed by atoms with Crippen LogP contribution in [-0.4, -0.2) is 15.0 Å². The summed E-state index contributed by atoms with van der Waals surface area (Å²) >= 11 is 0. The SMILES string of the molecule is C=C(C)/C=C\C=C\c1cnn(-c2ccc(C)c(C)c2)n1. The third-order valence-corrected chi connectivity index (χ3v) is 2.99. The van der Waals surface area contributed by atoms with Crippen molar-refractivity contribution < 1.29 is 0 Å². The Kier molecular flexibility index (Phi) is 4.31. The zero-order valence-corrected chi connectivity index (χ0v) is 12.2. The predicted octanol–water partition coefficient (Wildman–Crippen LogP) is 4.03. The van der Waals surface area contributed by atoms with Crippen molar-refractivity contribution in [2.24, 2.45) is 0 Å². The minimum Gasteiger partial charge on any atom is -0.156 e. The van der Waals surface area contributed by atoms with Crippen molar-refractivity contribution in [3.63, 3.8) is 0 Å². The first kappa shape index (κ1) is 14.0. The van der Waals surface area contributed by atoms with E-state index in [4.69, 9.17) is 0 Å². The fourth-order valence-electron chi connectivity index (χ4n) is 1.70. The van der Waals surface area contributed by atoms with Gasteiger partial charge in [-0.1, -0.05) is 36.4 Å². The lowest BCUT2D eigenvalue weighted by molar-refractivity contribution is 0.749. The number of aryl methyl sites for hydroxylation is 2. The first-order valence-electron chi connectivity index (χ1n) is 6.56. The summed E-state index contributed by atoms with van der Waals surface area (Å²) in [6, 6.07) is 6.19. The molecule has 2 rings (SSSR count). The second-order valence-corrected chi connectivity index (χ2v) is 4.89. The Morgan fingerprint density at radius 1 is 1.20 bits per heavy atom. The third-order valence-electron chi connectivity index (χ3n) is 2.99. The summed E-state index contributed by atoms with van der Waals surface area (Å²) in [5.74, 6) is 0. The lowest BCUT2D eigenvalue weighted by atomic mass is 10.1. The summed E-state index contributed by atoms with van der Waals surface area (Å²) in [6.45, 7) is 9.95. The summed E-state index contributed by atoms with van der Waals surface area (Å²) in [4.78, 5) is 1.65. The van der Waals surface area contributed by atoms with E-state index < -0.39 is 0 Å². The molecule has 102 valence electrons. The number of nitrogens with zero attached hydrogens (tertiary/aromatic N) is 3. The second kappa shape index (κ2) is 6.15. The van der Waals surface area contributed by atoms with Crippen LogP contribution in [0.25, 0.3) is 11.8 Å². The van der Waals surface area contributed by atoms with Gasteiger partial charge < -0.3 is 0 Å². The van der Waals surface area contributed by atoms with Gasteiger partial charge in [0.05, 0.1) is 11.9 Å². The lowest BCUT2D eigenvalue weighted by Gasteiger charge is -2.03. The van der Waals surface area contributed by atoms with Gasteiger partial charge in [-0.2, -0.15) is 9.90 Å². The van der Waals surface area contributed by atoms with E-state index in [1.54, 1.807) is 11.0 Å². The highest BCUT2D eigenvalue weighted by molar-refractivity contribution is 5.46. The maximum Gasteiger partial charge on any atom is 0.106 e. The average Bonchev–Trinajstić information content (AvgIpc) is 2.86. The quantitative estimate of drug-likeness (QED) is 0.781. The molecule has 3 nitrogen and oxygen atoms in total. The number of aromatic nitrogens is 3. The van der Waals surface area contributed by atoms with Gasteiger partial charge in [0.2, 0.25) is 0 Å². The second-order valence-electron chi connectivity index (χ2n) is 4.89. The van der Waals surface area contributed by atoms with Crippen molar-refractivity contribution in [1.82, 2.24) is 15.0 Å². The highest BCUT2D eigenvalue weighted by Crippen LogP contribution is 2.12. The van der Waals surface area contributed by atoms with Crippen LogP contribution in [-0.2, 0) is 0 Å². The van der Waals surface area contributed by atoms with Crippen molar-refractivity contribution >= 4 is 6.08 Å². The summed E-state index contributed by atoms with van der Waals surface area (Å²) in [6.07, 6.45) is 9.50. The van der Waals surface area contributed by atoms with E-state index in [-0.39, 0.29) is 0 Å². The van der Waals surface area contributed by atoms with Crippen molar-refractivity contribution in [3.8, 4) is 5.69 Å². The van der Waals surface area contributed by atoms with Gasteiger partial charge >= 0.3 is 0 Å². The topological polar surface area (TPSA) is 30.7 Å². The van der Waals surface area contributed by atoms with Gasteiger partial charge in [0.15, 0.2) is 0 Å². The van der Waals surface area contributed by atoms with Crippen molar-refractivity contribution in [2.45, 2.75) is 20.8 Å². The van der Waals surface area contributed by atoms with Gasteiger partial charge in [0.25, 0.3) is 0 Å². The fourth-order valence-corrected chi connectivity index (χ4v) is 1.70. The Hall–Kier alpha value is -2.42. The van der Waals surface area contributed by atoms with Crippen LogP contribution < -0.4 is 0 Å². The Bertz CT molecular complexity index is 675. The predicted molar refractivity (Wildman–Crippen MR) is 83.8 cm³/mol. The number of rotatable bonds is 4. The van der Waals surface area contributed by atoms with Crippen molar-refractivity contribution in [3.05, 3.63) is 71.6 Å². The molecule has 0 spiro atoms. The molecule has 1 heterocycles. The first-order chi connectivity index (χ1) is 9.56. The third kappa shape index (κ3) is 3.54. The van der Waals surface area contributed by atoms with Crippen molar-refractivity contribution in [2.75, 3.05) is 0 Å². The van der Waals surface area contributed by atoms with E-state index in [2.05, 4.69) is 42.8 Å². The molecule has 2 aromatic rings. The summed E-state index contributed by atoms with van der Waals surface area (Å²) in [5.41, 5.74) is 5.33. The Morgan fingerprint density at radius 3 is 2.70 bits per heavy atom. The highest BCUT2D eigenvalue weighted by atomic mass is 15.5. The maximum atomic E-state index is 4.43. The van der Waals surface area contributed by atoms with E-state index in [1.165, 1.54) is 11.1 Å². The smallest absolute Gasteiger partial charge is 0.106 e. The van der Waals surface area contributed by atoms with Gasteiger partial charge in [0, 0.05) is 0 Å². The molecule has 3 heteroatoms. The minimum atomic E-state index is 0.828. The summed E-state index contributed by atoms with van der Waals surface area (Å²) in [5, 5.41) is 8.71. The average molecular weight is 265 g/mol. The van der Waals surface area contributed by atoms with E-state index in [0.29, 0.717) is 0 Å². The number of benzene rings is 1. The Balaban J connectivity index is 2.16. The van der Waals surface area contributed by atoms with Crippen LogP contribution in [0.3, 0.4) is 0 Å². The van der Waals surface area contributed by atoms with E-state index in [1.807, 2.05) is 37.3 Å². The summed E-state index contributed by atoms with van der Waals surface area (Å²) < 4.78 is 0. The molecule has 0 atom stereocenters. The van der Waals surface area contributed by atoms with E-state index >= 15 is 0 Å². The van der Waals surface area contributed by atoms with Crippen LogP contribution in [0.4, 0.5) is 0 Å². The molecule has 0 saturated carbocycles. The Morgan fingerprint density at radius 2 is 2.00 bits per heavy atom. The molecule has 0 aliphatic heterocycles. The minimum absolute atomic E-state index is 0.828. The van der Waals surface area contributed by atoms with Crippen LogP contribution in [0.5, 0.6) is 0 Å². The number of allylic oxidation sites excluding steroid dienone is 4. The molecule has 0 aliphatic carbocycles. The van der Waals surface area contributed by atoms with E-state index in [9.17, 15) is 0 Å². The van der Waals surface area contributed by atoms with Crippen LogP contribution in [0.15, 0.2) is 54.8 Å². The van der Waals surface area contributed by atoms with Crippen molar-refractivity contribution in [1.29, 1.82) is 0 Å². The number of hydrogen-bond donors (Lipinski definition) is 0. The molecule has 1 aromatic heterocycles. The van der Waals surface area contributed by atoms with Crippen LogP contribution >= 0.6 is 0 Å². The molecule has 0 radical (unpaired) electrons. The normalized spacial score (nSPS) is 11.6. The molecule has 1 aromatic carbocycles. The highest BCUT2D eigenvalue weighted by Gasteiger charge is 2.02. The van der Waals surface area contributed by atoms with Gasteiger partial charge in [-0.25, -0.2) is 0 Å². The van der Waals surface area contributed by atoms with Crippen LogP contribution in [0.1, 0.15) is 23.7 Å². The van der Waals surface area contributed by atoms with Crippen LogP contribution in [0.2, 0.25) is 0 Å². The van der Waals surface area contributed by atoms with Gasteiger partial charge in [-0.05, 0) is 50.1 Å². The summed E-state index contributed by atoms with van der Waals surface area (Å²) in [7, 11) is 0. The molecule has 0 N–H and O–H groups in total. The molecule has 0 fully saturated rings. The lowest BCUT2D eigenvalue weighted by Crippen LogP contribution is -1.99. The van der Waals surface area contributed by atoms with E-state index in [0.717, 1.165) is 17.0 Å². The molecular formula is C17H19N3. The standard InChI is InChI=1S/C17H19N3/c1-13(2)7-5-6-8-16-12-18-20(19-16)17-10-9-14(3)15(4)11-17/h5-12H,1H2,2-4H3/b7-5-,8-6+. The molecule has 0 aliphatic rings. The first-order valence-corrected chi connectivity index (χ1v) is 6.56. The van der Waals surface area contributed by atoms with Crippen LogP contribution in [0, 0.1) is 13.8 Å². The zero-order chi connectivity index (χ0) is 14.5. The molecule has 0 amide bonds. The fraction of sp³-hybridized carbons (Fsp3) is 0.176. The molecule has 0 unspecified atom stereocenters. The largest absolute Gasteiger partial charge is 0.156 e. The maximum absolute atomic E-state index is 4.43. The molecule has 0 bridgehead atoms. The van der Waals surface area contributed by atoms with Gasteiger partial charge in [-0.15, -0.1) is 5.10 Å². The van der Waals surface area contributed by atoms with Gasteiger partial charge in [0.1, 0.15) is 5.69 Å².